The molecule has 0 bridgehead atoms. The molecule has 1 aromatic heterocycles. The molecule has 5 nitrogen and oxygen atoms in total. The van der Waals surface area contributed by atoms with Crippen molar-refractivity contribution in [3.63, 3.8) is 0 Å². The second-order valence-corrected chi connectivity index (χ2v) is 7.07. The Balaban J connectivity index is 1.62. The molecule has 3 rings (SSSR count). The molecule has 0 saturated carbocycles. The van der Waals surface area contributed by atoms with E-state index in [9.17, 15) is 9.18 Å². The third-order valence-corrected chi connectivity index (χ3v) is 4.95. The largest absolute Gasteiger partial charge is 0.325 e. The van der Waals surface area contributed by atoms with Gasteiger partial charge in [-0.15, -0.1) is 10.2 Å². The minimum absolute atomic E-state index is 0.184. The summed E-state index contributed by atoms with van der Waals surface area (Å²) in [6, 6.07) is 13.4. The summed E-state index contributed by atoms with van der Waals surface area (Å²) in [6.07, 6.45) is 0. The van der Waals surface area contributed by atoms with E-state index in [1.807, 2.05) is 35.9 Å². The van der Waals surface area contributed by atoms with Crippen molar-refractivity contribution >= 4 is 39.3 Å². The summed E-state index contributed by atoms with van der Waals surface area (Å²) >= 11 is 4.69. The van der Waals surface area contributed by atoms with Crippen LogP contribution < -0.4 is 5.32 Å². The molecule has 1 N–H and O–H groups in total. The first-order valence-electron chi connectivity index (χ1n) is 7.36. The van der Waals surface area contributed by atoms with Crippen LogP contribution in [0.5, 0.6) is 0 Å². The molecule has 0 aliphatic rings. The fraction of sp³-hybridized carbons (Fsp3) is 0.118. The van der Waals surface area contributed by atoms with Crippen molar-refractivity contribution in [1.82, 2.24) is 14.8 Å². The lowest BCUT2D eigenvalue weighted by molar-refractivity contribution is -0.113. The molecule has 25 heavy (non-hydrogen) atoms. The Morgan fingerprint density at radius 2 is 1.84 bits per heavy atom. The van der Waals surface area contributed by atoms with E-state index in [0.29, 0.717) is 10.8 Å². The first-order valence-corrected chi connectivity index (χ1v) is 9.14. The molecule has 0 radical (unpaired) electrons. The quantitative estimate of drug-likeness (QED) is 0.630. The molecule has 0 fully saturated rings. The van der Waals surface area contributed by atoms with Crippen LogP contribution >= 0.6 is 27.7 Å². The summed E-state index contributed by atoms with van der Waals surface area (Å²) in [5.41, 5.74) is 1.50. The summed E-state index contributed by atoms with van der Waals surface area (Å²) < 4.78 is 15.7. The Bertz CT molecular complexity index is 881. The van der Waals surface area contributed by atoms with Gasteiger partial charge >= 0.3 is 0 Å². The minimum atomic E-state index is -0.341. The van der Waals surface area contributed by atoms with Crippen molar-refractivity contribution in [2.24, 2.45) is 7.05 Å². The van der Waals surface area contributed by atoms with Gasteiger partial charge in [-0.05, 0) is 36.4 Å². The van der Waals surface area contributed by atoms with E-state index >= 15 is 0 Å². The van der Waals surface area contributed by atoms with E-state index in [1.165, 1.54) is 36.0 Å². The third kappa shape index (κ3) is 4.46. The Labute approximate surface area is 156 Å². The number of anilines is 1. The molecule has 1 heterocycles. The van der Waals surface area contributed by atoms with E-state index in [0.717, 1.165) is 15.9 Å². The lowest BCUT2D eigenvalue weighted by Gasteiger charge is -2.06. The molecular weight excluding hydrogens is 407 g/mol. The highest BCUT2D eigenvalue weighted by Crippen LogP contribution is 2.24. The number of thioether (sulfide) groups is 1. The standard InChI is InChI=1S/C17H14BrFN4OS/c1-23-16(11-2-4-12(18)5-3-11)21-22-17(23)25-10-15(24)20-14-8-6-13(19)7-9-14/h2-9H,10H2,1H3,(H,20,24). The van der Waals surface area contributed by atoms with Crippen LogP contribution in [-0.2, 0) is 11.8 Å². The van der Waals surface area contributed by atoms with Gasteiger partial charge in [-0.1, -0.05) is 39.8 Å². The predicted octanol–water partition coefficient (Wildman–Crippen LogP) is 4.11. The number of halogens is 2. The summed E-state index contributed by atoms with van der Waals surface area (Å²) in [7, 11) is 1.86. The first-order chi connectivity index (χ1) is 12.0. The molecule has 0 saturated heterocycles. The molecule has 0 spiro atoms. The number of carbonyl (C=O) groups is 1. The van der Waals surface area contributed by atoms with Gasteiger partial charge in [0.2, 0.25) is 5.91 Å². The van der Waals surface area contributed by atoms with Crippen LogP contribution in [0.15, 0.2) is 58.2 Å². The molecule has 3 aromatic rings. The van der Waals surface area contributed by atoms with Crippen LogP contribution in [0.2, 0.25) is 0 Å². The maximum absolute atomic E-state index is 12.9. The minimum Gasteiger partial charge on any atom is -0.325 e. The molecule has 0 aliphatic heterocycles. The van der Waals surface area contributed by atoms with Crippen LogP contribution in [0, 0.1) is 5.82 Å². The van der Waals surface area contributed by atoms with Crippen molar-refractivity contribution in [3.05, 3.63) is 58.8 Å². The number of benzene rings is 2. The highest BCUT2D eigenvalue weighted by Gasteiger charge is 2.13. The lowest BCUT2D eigenvalue weighted by atomic mass is 10.2. The van der Waals surface area contributed by atoms with E-state index in [1.54, 1.807) is 0 Å². The number of nitrogens with zero attached hydrogens (tertiary/aromatic N) is 3. The van der Waals surface area contributed by atoms with Crippen molar-refractivity contribution in [2.45, 2.75) is 5.16 Å². The summed E-state index contributed by atoms with van der Waals surface area (Å²) in [6.45, 7) is 0. The number of carbonyl (C=O) groups excluding carboxylic acids is 1. The average Bonchev–Trinajstić information content (AvgIpc) is 2.97. The van der Waals surface area contributed by atoms with Gasteiger partial charge in [-0.2, -0.15) is 0 Å². The number of amides is 1. The van der Waals surface area contributed by atoms with Gasteiger partial charge in [0, 0.05) is 22.8 Å². The highest BCUT2D eigenvalue weighted by atomic mass is 79.9. The van der Waals surface area contributed by atoms with Crippen LogP contribution in [0.4, 0.5) is 10.1 Å². The van der Waals surface area contributed by atoms with Crippen molar-refractivity contribution in [1.29, 1.82) is 0 Å². The average molecular weight is 421 g/mol. The van der Waals surface area contributed by atoms with Crippen LogP contribution in [0.3, 0.4) is 0 Å². The summed E-state index contributed by atoms with van der Waals surface area (Å²) in [5.74, 6) is 0.384. The maximum atomic E-state index is 12.9. The maximum Gasteiger partial charge on any atom is 0.234 e. The SMILES string of the molecule is Cn1c(SCC(=O)Nc2ccc(F)cc2)nnc1-c1ccc(Br)cc1. The van der Waals surface area contributed by atoms with Crippen LogP contribution in [0.25, 0.3) is 11.4 Å². The van der Waals surface area contributed by atoms with Crippen molar-refractivity contribution in [3.8, 4) is 11.4 Å². The number of rotatable bonds is 5. The zero-order valence-electron chi connectivity index (χ0n) is 13.2. The number of hydrogen-bond donors (Lipinski definition) is 1. The Hall–Kier alpha value is -2.19. The summed E-state index contributed by atoms with van der Waals surface area (Å²) in [4.78, 5) is 12.0. The lowest BCUT2D eigenvalue weighted by Crippen LogP contribution is -2.14. The molecular formula is C17H14BrFN4OS. The van der Waals surface area contributed by atoms with Gasteiger partial charge in [0.25, 0.3) is 0 Å². The fourth-order valence-electron chi connectivity index (χ4n) is 2.15. The molecule has 8 heteroatoms. The van der Waals surface area contributed by atoms with E-state index in [2.05, 4.69) is 31.4 Å². The zero-order chi connectivity index (χ0) is 17.8. The van der Waals surface area contributed by atoms with Gasteiger partial charge in [-0.25, -0.2) is 4.39 Å². The van der Waals surface area contributed by atoms with Crippen molar-refractivity contribution < 1.29 is 9.18 Å². The Morgan fingerprint density at radius 3 is 2.52 bits per heavy atom. The van der Waals surface area contributed by atoms with Crippen LogP contribution in [-0.4, -0.2) is 26.4 Å². The highest BCUT2D eigenvalue weighted by molar-refractivity contribution is 9.10. The van der Waals surface area contributed by atoms with Gasteiger partial charge in [-0.3, -0.25) is 4.79 Å². The van der Waals surface area contributed by atoms with Gasteiger partial charge in [0.1, 0.15) is 5.82 Å². The molecule has 0 aliphatic carbocycles. The molecule has 128 valence electrons. The topological polar surface area (TPSA) is 59.8 Å². The number of nitrogens with one attached hydrogen (secondary N) is 1. The fourth-order valence-corrected chi connectivity index (χ4v) is 3.13. The molecule has 2 aromatic carbocycles. The predicted molar refractivity (Wildman–Crippen MR) is 99.9 cm³/mol. The second kappa shape index (κ2) is 7.79. The van der Waals surface area contributed by atoms with Crippen LogP contribution in [0.1, 0.15) is 0 Å². The first kappa shape index (κ1) is 17.6. The monoisotopic (exact) mass is 420 g/mol. The Kier molecular flexibility index (Phi) is 5.50. The number of aromatic nitrogens is 3. The van der Waals surface area contributed by atoms with E-state index < -0.39 is 0 Å². The Morgan fingerprint density at radius 1 is 1.16 bits per heavy atom. The van der Waals surface area contributed by atoms with Gasteiger partial charge in [0.15, 0.2) is 11.0 Å². The smallest absolute Gasteiger partial charge is 0.234 e. The molecule has 0 atom stereocenters. The normalized spacial score (nSPS) is 10.7. The van der Waals surface area contributed by atoms with Gasteiger partial charge < -0.3 is 9.88 Å². The second-order valence-electron chi connectivity index (χ2n) is 5.22. The van der Waals surface area contributed by atoms with E-state index in [-0.39, 0.29) is 17.5 Å². The third-order valence-electron chi connectivity index (χ3n) is 3.40. The van der Waals surface area contributed by atoms with Gasteiger partial charge in [0.05, 0.1) is 5.75 Å². The summed E-state index contributed by atoms with van der Waals surface area (Å²) in [5, 5.41) is 11.7. The van der Waals surface area contributed by atoms with Crippen molar-refractivity contribution in [2.75, 3.05) is 11.1 Å². The number of hydrogen-bond acceptors (Lipinski definition) is 4. The molecule has 1 amide bonds. The van der Waals surface area contributed by atoms with E-state index in [4.69, 9.17) is 0 Å². The molecule has 0 unspecified atom stereocenters. The zero-order valence-corrected chi connectivity index (χ0v) is 15.6.